The number of halogens is 1. The van der Waals surface area contributed by atoms with Crippen LogP contribution < -0.4 is 15.4 Å². The van der Waals surface area contributed by atoms with Crippen molar-refractivity contribution >= 4 is 29.1 Å². The molecule has 0 aliphatic rings. The molecule has 0 unspecified atom stereocenters. The molecule has 5 nitrogen and oxygen atoms in total. The van der Waals surface area contributed by atoms with Crippen LogP contribution in [0.3, 0.4) is 0 Å². The molecule has 1 aromatic rings. The first-order chi connectivity index (χ1) is 8.73. The summed E-state index contributed by atoms with van der Waals surface area (Å²) in [7, 11) is 1.50. The summed E-state index contributed by atoms with van der Waals surface area (Å²) in [6.07, 6.45) is 0. The molecule has 0 saturated carbocycles. The second kappa shape index (κ2) is 5.93. The molecule has 1 aromatic carbocycles. The lowest BCUT2D eigenvalue weighted by Crippen LogP contribution is -2.46. The van der Waals surface area contributed by atoms with Crippen LogP contribution in [0.15, 0.2) is 18.2 Å². The van der Waals surface area contributed by atoms with Crippen molar-refractivity contribution < 1.29 is 14.3 Å². The fourth-order valence-corrected chi connectivity index (χ4v) is 1.59. The number of benzene rings is 1. The minimum Gasteiger partial charge on any atom is -0.495 e. The van der Waals surface area contributed by atoms with Crippen LogP contribution in [0.5, 0.6) is 5.75 Å². The molecule has 2 amide bonds. The third-order valence-electron chi connectivity index (χ3n) is 2.10. The Bertz CT molecular complexity index is 495. The number of anilines is 1. The van der Waals surface area contributed by atoms with Gasteiger partial charge in [0.1, 0.15) is 5.75 Å². The predicted octanol–water partition coefficient (Wildman–Crippen LogP) is 2.20. The Kier molecular flexibility index (Phi) is 4.78. The molecular weight excluding hydrogens is 268 g/mol. The Morgan fingerprint density at radius 2 is 1.84 bits per heavy atom. The number of nitrogens with one attached hydrogen (secondary N) is 2. The van der Waals surface area contributed by atoms with Crippen LogP contribution in [0.1, 0.15) is 20.8 Å². The van der Waals surface area contributed by atoms with Crippen LogP contribution in [0.4, 0.5) is 5.69 Å². The second-order valence-electron chi connectivity index (χ2n) is 5.01. The van der Waals surface area contributed by atoms with Crippen LogP contribution in [0.25, 0.3) is 0 Å². The van der Waals surface area contributed by atoms with Crippen molar-refractivity contribution in [3.8, 4) is 5.75 Å². The molecule has 0 aliphatic heterocycles. The molecule has 19 heavy (non-hydrogen) atoms. The van der Waals surface area contributed by atoms with E-state index in [0.29, 0.717) is 16.5 Å². The largest absolute Gasteiger partial charge is 0.495 e. The van der Waals surface area contributed by atoms with Crippen molar-refractivity contribution in [1.82, 2.24) is 5.32 Å². The Balaban J connectivity index is 2.72. The molecule has 2 N–H and O–H groups in total. The highest BCUT2D eigenvalue weighted by molar-refractivity contribution is 6.40. The van der Waals surface area contributed by atoms with E-state index < -0.39 is 17.4 Å². The van der Waals surface area contributed by atoms with Gasteiger partial charge in [-0.05, 0) is 39.0 Å². The summed E-state index contributed by atoms with van der Waals surface area (Å²) in [6, 6.07) is 4.73. The van der Waals surface area contributed by atoms with Crippen molar-refractivity contribution in [2.45, 2.75) is 26.3 Å². The molecule has 0 aliphatic carbocycles. The third kappa shape index (κ3) is 4.79. The van der Waals surface area contributed by atoms with E-state index in [0.717, 1.165) is 0 Å². The minimum atomic E-state index is -0.740. The zero-order chi connectivity index (χ0) is 14.6. The average Bonchev–Trinajstić information content (AvgIpc) is 2.27. The quantitative estimate of drug-likeness (QED) is 0.818. The van der Waals surface area contributed by atoms with E-state index in [4.69, 9.17) is 16.3 Å². The molecule has 0 fully saturated rings. The van der Waals surface area contributed by atoms with Crippen molar-refractivity contribution in [1.29, 1.82) is 0 Å². The second-order valence-corrected chi connectivity index (χ2v) is 5.41. The van der Waals surface area contributed by atoms with Crippen molar-refractivity contribution in [2.24, 2.45) is 0 Å². The molecule has 0 saturated heterocycles. The Labute approximate surface area is 117 Å². The lowest BCUT2D eigenvalue weighted by Gasteiger charge is -2.19. The summed E-state index contributed by atoms with van der Waals surface area (Å²) in [6.45, 7) is 5.38. The molecular formula is C13H17ClN2O3. The summed E-state index contributed by atoms with van der Waals surface area (Å²) in [5.41, 5.74) is -0.0359. The normalized spacial score (nSPS) is 10.8. The van der Waals surface area contributed by atoms with Gasteiger partial charge in [-0.15, -0.1) is 0 Å². The van der Waals surface area contributed by atoms with Crippen LogP contribution in [0, 0.1) is 0 Å². The van der Waals surface area contributed by atoms with Gasteiger partial charge in [0.05, 0.1) is 12.1 Å². The highest BCUT2D eigenvalue weighted by Gasteiger charge is 2.20. The van der Waals surface area contributed by atoms with Gasteiger partial charge in [0.15, 0.2) is 0 Å². The van der Waals surface area contributed by atoms with Crippen LogP contribution >= 0.6 is 11.6 Å². The summed E-state index contributed by atoms with van der Waals surface area (Å²) in [5, 5.41) is 5.39. The Hall–Kier alpha value is -1.75. The number of methoxy groups -OCH3 is 1. The highest BCUT2D eigenvalue weighted by Crippen LogP contribution is 2.27. The van der Waals surface area contributed by atoms with E-state index in [1.54, 1.807) is 32.9 Å². The monoisotopic (exact) mass is 284 g/mol. The number of hydrogen-bond donors (Lipinski definition) is 2. The van der Waals surface area contributed by atoms with Gasteiger partial charge in [-0.3, -0.25) is 9.59 Å². The van der Waals surface area contributed by atoms with Gasteiger partial charge in [-0.1, -0.05) is 11.6 Å². The zero-order valence-electron chi connectivity index (χ0n) is 11.3. The molecule has 0 heterocycles. The van der Waals surface area contributed by atoms with Crippen LogP contribution in [-0.4, -0.2) is 24.5 Å². The van der Waals surface area contributed by atoms with Gasteiger partial charge < -0.3 is 15.4 Å². The molecule has 104 valence electrons. The lowest BCUT2D eigenvalue weighted by molar-refractivity contribution is -0.137. The fraction of sp³-hybridized carbons (Fsp3) is 0.385. The molecule has 0 bridgehead atoms. The maximum Gasteiger partial charge on any atom is 0.313 e. The number of rotatable bonds is 2. The first-order valence-electron chi connectivity index (χ1n) is 5.70. The van der Waals surface area contributed by atoms with Crippen molar-refractivity contribution in [2.75, 3.05) is 12.4 Å². The van der Waals surface area contributed by atoms with Crippen LogP contribution in [0.2, 0.25) is 5.02 Å². The Morgan fingerprint density at radius 1 is 1.21 bits per heavy atom. The molecule has 6 heteroatoms. The van der Waals surface area contributed by atoms with Gasteiger partial charge >= 0.3 is 11.8 Å². The van der Waals surface area contributed by atoms with E-state index in [1.807, 2.05) is 0 Å². The summed E-state index contributed by atoms with van der Waals surface area (Å²) < 4.78 is 4.99. The summed E-state index contributed by atoms with van der Waals surface area (Å²) in [4.78, 5) is 23.2. The molecule has 0 spiro atoms. The first kappa shape index (κ1) is 15.3. The molecule has 0 atom stereocenters. The van der Waals surface area contributed by atoms with Crippen molar-refractivity contribution in [3.05, 3.63) is 23.2 Å². The summed E-state index contributed by atoms with van der Waals surface area (Å²) in [5.74, 6) is -0.936. The van der Waals surface area contributed by atoms with Gasteiger partial charge in [0.2, 0.25) is 0 Å². The standard InChI is InChI=1S/C13H17ClN2O3/c1-13(2,3)16-12(18)11(17)15-8-5-6-10(19-4)9(14)7-8/h5-7H,1-4H3,(H,15,17)(H,16,18). The molecule has 0 aromatic heterocycles. The van der Waals surface area contributed by atoms with Gasteiger partial charge in [0.25, 0.3) is 0 Å². The highest BCUT2D eigenvalue weighted by atomic mass is 35.5. The number of amides is 2. The third-order valence-corrected chi connectivity index (χ3v) is 2.40. The SMILES string of the molecule is COc1ccc(NC(=O)C(=O)NC(C)(C)C)cc1Cl. The zero-order valence-corrected chi connectivity index (χ0v) is 12.1. The topological polar surface area (TPSA) is 67.4 Å². The van der Waals surface area contributed by atoms with E-state index >= 15 is 0 Å². The van der Waals surface area contributed by atoms with E-state index in [-0.39, 0.29) is 0 Å². The maximum absolute atomic E-state index is 11.7. The molecule has 0 radical (unpaired) electrons. The average molecular weight is 285 g/mol. The van der Waals surface area contributed by atoms with Crippen molar-refractivity contribution in [3.63, 3.8) is 0 Å². The predicted molar refractivity (Wildman–Crippen MR) is 74.5 cm³/mol. The van der Waals surface area contributed by atoms with Crippen LogP contribution in [-0.2, 0) is 9.59 Å². The number of carbonyl (C=O) groups is 2. The lowest BCUT2D eigenvalue weighted by atomic mass is 10.1. The number of carbonyl (C=O) groups excluding carboxylic acids is 2. The smallest absolute Gasteiger partial charge is 0.313 e. The molecule has 1 rings (SSSR count). The van der Waals surface area contributed by atoms with Gasteiger partial charge in [-0.2, -0.15) is 0 Å². The summed E-state index contributed by atoms with van der Waals surface area (Å²) >= 11 is 5.92. The number of ether oxygens (including phenoxy) is 1. The number of hydrogen-bond acceptors (Lipinski definition) is 3. The first-order valence-corrected chi connectivity index (χ1v) is 6.08. The van der Waals surface area contributed by atoms with E-state index in [1.165, 1.54) is 13.2 Å². The minimum absolute atomic E-state index is 0.358. The van der Waals surface area contributed by atoms with Gasteiger partial charge in [-0.25, -0.2) is 0 Å². The fourth-order valence-electron chi connectivity index (χ4n) is 1.33. The van der Waals surface area contributed by atoms with E-state index in [2.05, 4.69) is 10.6 Å². The maximum atomic E-state index is 11.7. The van der Waals surface area contributed by atoms with E-state index in [9.17, 15) is 9.59 Å². The Morgan fingerprint density at radius 3 is 2.32 bits per heavy atom. The van der Waals surface area contributed by atoms with Gasteiger partial charge in [0, 0.05) is 11.2 Å².